The first-order chi connectivity index (χ1) is 10.0. The number of hydrogen-bond acceptors (Lipinski definition) is 4. The number of nitrogens with zero attached hydrogens (tertiary/aromatic N) is 3. The van der Waals surface area contributed by atoms with E-state index in [1.807, 2.05) is 23.7 Å². The van der Waals surface area contributed by atoms with Crippen molar-refractivity contribution in [1.29, 1.82) is 0 Å². The number of aromatic nitrogens is 3. The molecular formula is C14H13ClN4O2. The molecule has 0 fully saturated rings. The van der Waals surface area contributed by atoms with E-state index >= 15 is 0 Å². The molecule has 7 heteroatoms. The molecule has 3 rings (SSSR count). The van der Waals surface area contributed by atoms with Crippen LogP contribution in [0.3, 0.4) is 0 Å². The monoisotopic (exact) mass is 304 g/mol. The molecule has 1 aromatic carbocycles. The molecule has 0 aliphatic carbocycles. The van der Waals surface area contributed by atoms with Gasteiger partial charge in [-0.2, -0.15) is 0 Å². The van der Waals surface area contributed by atoms with Crippen molar-refractivity contribution >= 4 is 28.4 Å². The highest BCUT2D eigenvalue weighted by Gasteiger charge is 2.14. The van der Waals surface area contributed by atoms with Crippen LogP contribution in [-0.4, -0.2) is 20.7 Å². The Balaban J connectivity index is 1.82. The van der Waals surface area contributed by atoms with Gasteiger partial charge in [0, 0.05) is 29.9 Å². The predicted molar refractivity (Wildman–Crippen MR) is 78.1 cm³/mol. The summed E-state index contributed by atoms with van der Waals surface area (Å²) in [5, 5.41) is 11.9. The largest absolute Gasteiger partial charge is 0.424 e. The van der Waals surface area contributed by atoms with Crippen LogP contribution in [-0.2, 0) is 13.6 Å². The van der Waals surface area contributed by atoms with Crippen LogP contribution in [0.25, 0.3) is 10.9 Å². The zero-order valence-electron chi connectivity index (χ0n) is 11.6. The van der Waals surface area contributed by atoms with Gasteiger partial charge in [-0.25, -0.2) is 0 Å². The van der Waals surface area contributed by atoms with E-state index in [1.54, 1.807) is 19.1 Å². The summed E-state index contributed by atoms with van der Waals surface area (Å²) in [6.45, 7) is 1.90. The van der Waals surface area contributed by atoms with Crippen LogP contribution in [0.4, 0.5) is 0 Å². The number of aryl methyl sites for hydroxylation is 2. The van der Waals surface area contributed by atoms with Gasteiger partial charge < -0.3 is 14.3 Å². The number of benzene rings is 1. The van der Waals surface area contributed by atoms with Crippen LogP contribution in [0.1, 0.15) is 22.3 Å². The number of carbonyl (C=O) groups is 1. The molecule has 0 saturated heterocycles. The quantitative estimate of drug-likeness (QED) is 0.806. The number of halogens is 1. The van der Waals surface area contributed by atoms with Crippen molar-refractivity contribution in [3.05, 3.63) is 46.8 Å². The summed E-state index contributed by atoms with van der Waals surface area (Å²) < 4.78 is 7.03. The van der Waals surface area contributed by atoms with Crippen molar-refractivity contribution in [2.24, 2.45) is 7.05 Å². The first-order valence-electron chi connectivity index (χ1n) is 6.37. The van der Waals surface area contributed by atoms with Gasteiger partial charge in [0.25, 0.3) is 5.91 Å². The molecule has 0 aliphatic rings. The lowest BCUT2D eigenvalue weighted by molar-refractivity contribution is 0.0939. The van der Waals surface area contributed by atoms with Crippen LogP contribution in [0, 0.1) is 6.92 Å². The van der Waals surface area contributed by atoms with Gasteiger partial charge in [0.15, 0.2) is 0 Å². The molecule has 0 unspecified atom stereocenters. The van der Waals surface area contributed by atoms with E-state index in [0.717, 1.165) is 10.9 Å². The van der Waals surface area contributed by atoms with Crippen molar-refractivity contribution in [3.63, 3.8) is 0 Å². The molecular weight excluding hydrogens is 292 g/mol. The minimum absolute atomic E-state index is 0.196. The van der Waals surface area contributed by atoms with Crippen LogP contribution >= 0.6 is 11.6 Å². The topological polar surface area (TPSA) is 73.0 Å². The third kappa shape index (κ3) is 2.62. The van der Waals surface area contributed by atoms with E-state index in [-0.39, 0.29) is 12.5 Å². The fourth-order valence-electron chi connectivity index (χ4n) is 2.19. The smallest absolute Gasteiger partial charge is 0.268 e. The van der Waals surface area contributed by atoms with Gasteiger partial charge in [-0.1, -0.05) is 11.6 Å². The summed E-state index contributed by atoms with van der Waals surface area (Å²) in [6, 6.07) is 7.31. The third-order valence-electron chi connectivity index (χ3n) is 3.21. The van der Waals surface area contributed by atoms with Crippen LogP contribution in [0.2, 0.25) is 5.02 Å². The first kappa shape index (κ1) is 13.6. The van der Waals surface area contributed by atoms with Gasteiger partial charge in [0.05, 0.1) is 6.54 Å². The maximum atomic E-state index is 12.2. The maximum Gasteiger partial charge on any atom is 0.268 e. The number of fused-ring (bicyclic) bond motifs is 1. The third-order valence-corrected chi connectivity index (χ3v) is 3.44. The van der Waals surface area contributed by atoms with Crippen molar-refractivity contribution in [2.75, 3.05) is 0 Å². The number of rotatable bonds is 3. The number of hydrogen-bond donors (Lipinski definition) is 1. The summed E-state index contributed by atoms with van der Waals surface area (Å²) in [4.78, 5) is 12.2. The lowest BCUT2D eigenvalue weighted by atomic mass is 10.2. The van der Waals surface area contributed by atoms with E-state index in [2.05, 4.69) is 15.5 Å². The SMILES string of the molecule is Cc1nnc(CNC(=O)c2cc3cc(Cl)ccc3n2C)o1. The number of nitrogens with one attached hydrogen (secondary N) is 1. The van der Waals surface area contributed by atoms with Crippen LogP contribution in [0.5, 0.6) is 0 Å². The molecule has 2 heterocycles. The van der Waals surface area contributed by atoms with Crippen molar-refractivity contribution in [1.82, 2.24) is 20.1 Å². The Labute approximate surface area is 125 Å². The highest BCUT2D eigenvalue weighted by Crippen LogP contribution is 2.22. The molecule has 0 bridgehead atoms. The van der Waals surface area contributed by atoms with E-state index in [1.165, 1.54) is 0 Å². The first-order valence-corrected chi connectivity index (χ1v) is 6.74. The molecule has 6 nitrogen and oxygen atoms in total. The van der Waals surface area contributed by atoms with Crippen molar-refractivity contribution in [2.45, 2.75) is 13.5 Å². The maximum absolute atomic E-state index is 12.2. The fraction of sp³-hybridized carbons (Fsp3) is 0.214. The molecule has 2 aromatic heterocycles. The highest BCUT2D eigenvalue weighted by molar-refractivity contribution is 6.31. The zero-order valence-corrected chi connectivity index (χ0v) is 12.3. The van der Waals surface area contributed by atoms with Crippen LogP contribution < -0.4 is 5.32 Å². The fourth-order valence-corrected chi connectivity index (χ4v) is 2.37. The molecule has 3 aromatic rings. The molecule has 1 N–H and O–H groups in total. The molecule has 0 saturated carbocycles. The highest BCUT2D eigenvalue weighted by atomic mass is 35.5. The Morgan fingerprint density at radius 2 is 2.19 bits per heavy atom. The van der Waals surface area contributed by atoms with E-state index in [0.29, 0.717) is 22.5 Å². The van der Waals surface area contributed by atoms with Gasteiger partial charge >= 0.3 is 0 Å². The van der Waals surface area contributed by atoms with Gasteiger partial charge in [0.2, 0.25) is 11.8 Å². The average Bonchev–Trinajstić information content (AvgIpc) is 3.00. The second kappa shape index (κ2) is 5.21. The van der Waals surface area contributed by atoms with E-state index in [9.17, 15) is 4.79 Å². The molecule has 0 atom stereocenters. The van der Waals surface area contributed by atoms with Gasteiger partial charge in [-0.3, -0.25) is 4.79 Å². The standard InChI is InChI=1S/C14H13ClN4O2/c1-8-17-18-13(21-8)7-16-14(20)12-6-9-5-10(15)3-4-11(9)19(12)2/h3-6H,7H2,1-2H3,(H,16,20). The summed E-state index contributed by atoms with van der Waals surface area (Å²) in [5.41, 5.74) is 1.49. The van der Waals surface area contributed by atoms with Gasteiger partial charge in [-0.05, 0) is 24.3 Å². The minimum atomic E-state index is -0.208. The Morgan fingerprint density at radius 3 is 2.90 bits per heavy atom. The summed E-state index contributed by atoms with van der Waals surface area (Å²) >= 11 is 5.97. The van der Waals surface area contributed by atoms with Crippen molar-refractivity contribution < 1.29 is 9.21 Å². The molecule has 0 radical (unpaired) electrons. The average molecular weight is 305 g/mol. The summed E-state index contributed by atoms with van der Waals surface area (Å²) in [5.74, 6) is 0.641. The van der Waals surface area contributed by atoms with Gasteiger partial charge in [0.1, 0.15) is 5.69 Å². The number of amides is 1. The Hall–Kier alpha value is -2.34. The zero-order chi connectivity index (χ0) is 15.0. The molecule has 21 heavy (non-hydrogen) atoms. The lowest BCUT2D eigenvalue weighted by Crippen LogP contribution is -2.25. The lowest BCUT2D eigenvalue weighted by Gasteiger charge is -2.04. The van der Waals surface area contributed by atoms with E-state index < -0.39 is 0 Å². The molecule has 1 amide bonds. The molecule has 108 valence electrons. The normalized spacial score (nSPS) is 11.0. The Bertz CT molecular complexity index is 822. The van der Waals surface area contributed by atoms with Crippen molar-refractivity contribution in [3.8, 4) is 0 Å². The second-order valence-electron chi connectivity index (χ2n) is 4.69. The van der Waals surface area contributed by atoms with Crippen LogP contribution in [0.15, 0.2) is 28.7 Å². The summed E-state index contributed by atoms with van der Waals surface area (Å²) in [6.07, 6.45) is 0. The minimum Gasteiger partial charge on any atom is -0.424 e. The Morgan fingerprint density at radius 1 is 1.38 bits per heavy atom. The predicted octanol–water partition coefficient (Wildman–Crippen LogP) is 2.45. The molecule has 0 aliphatic heterocycles. The Kier molecular flexibility index (Phi) is 3.39. The summed E-state index contributed by atoms with van der Waals surface area (Å²) in [7, 11) is 1.84. The van der Waals surface area contributed by atoms with Gasteiger partial charge in [-0.15, -0.1) is 10.2 Å². The number of carbonyl (C=O) groups excluding carboxylic acids is 1. The molecule has 0 spiro atoms. The second-order valence-corrected chi connectivity index (χ2v) is 5.13. The van der Waals surface area contributed by atoms with E-state index in [4.69, 9.17) is 16.0 Å².